The third-order valence-corrected chi connectivity index (χ3v) is 4.47. The number of benzene rings is 2. The van der Waals surface area contributed by atoms with Gasteiger partial charge in [-0.15, -0.1) is 0 Å². The number of hydrogen-bond acceptors (Lipinski definition) is 4. The van der Waals surface area contributed by atoms with Gasteiger partial charge in [0.1, 0.15) is 6.54 Å². The van der Waals surface area contributed by atoms with Crippen molar-refractivity contribution in [1.82, 2.24) is 0 Å². The Morgan fingerprint density at radius 2 is 1.85 bits per heavy atom. The predicted octanol–water partition coefficient (Wildman–Crippen LogP) is 1.52. The third-order valence-electron chi connectivity index (χ3n) is 4.47. The van der Waals surface area contributed by atoms with E-state index in [0.29, 0.717) is 18.0 Å². The minimum absolute atomic E-state index is 0.00868. The average molecular weight is 356 g/mol. The molecular weight excluding hydrogens is 330 g/mol. The number of amides is 1. The second-order valence-electron chi connectivity index (χ2n) is 6.63. The summed E-state index contributed by atoms with van der Waals surface area (Å²) in [6.45, 7) is 4.44. The molecule has 2 N–H and O–H groups in total. The molecule has 0 aromatic heterocycles. The largest absolute Gasteiger partial charge is 0.454 e. The Morgan fingerprint density at radius 1 is 1.12 bits per heavy atom. The molecule has 1 aliphatic rings. The fourth-order valence-corrected chi connectivity index (χ4v) is 2.92. The Bertz CT molecular complexity index is 759. The van der Waals surface area contributed by atoms with Gasteiger partial charge in [-0.3, -0.25) is 4.79 Å². The molecule has 26 heavy (non-hydrogen) atoms. The molecule has 2 aromatic carbocycles. The van der Waals surface area contributed by atoms with E-state index in [4.69, 9.17) is 9.47 Å². The van der Waals surface area contributed by atoms with Crippen LogP contribution in [-0.2, 0) is 11.3 Å². The van der Waals surface area contributed by atoms with Crippen LogP contribution in [0.1, 0.15) is 12.5 Å². The van der Waals surface area contributed by atoms with Crippen molar-refractivity contribution in [3.8, 4) is 11.5 Å². The number of nitrogens with one attached hydrogen (secondary N) is 2. The highest BCUT2D eigenvalue weighted by Gasteiger charge is 2.17. The Balaban J connectivity index is 1.56. The van der Waals surface area contributed by atoms with E-state index in [1.54, 1.807) is 6.07 Å². The van der Waals surface area contributed by atoms with Gasteiger partial charge in [0.05, 0.1) is 6.54 Å². The van der Waals surface area contributed by atoms with E-state index in [-0.39, 0.29) is 12.7 Å². The van der Waals surface area contributed by atoms with Gasteiger partial charge < -0.3 is 24.6 Å². The lowest BCUT2D eigenvalue weighted by molar-refractivity contribution is -0.903. The quantitative estimate of drug-likeness (QED) is 0.790. The number of quaternary nitrogens is 1. The summed E-state index contributed by atoms with van der Waals surface area (Å²) in [6.07, 6.45) is 0. The molecule has 6 nitrogen and oxygen atoms in total. The van der Waals surface area contributed by atoms with Crippen molar-refractivity contribution in [1.29, 1.82) is 0 Å². The van der Waals surface area contributed by atoms with Crippen molar-refractivity contribution >= 4 is 17.3 Å². The van der Waals surface area contributed by atoms with Crippen molar-refractivity contribution in [3.63, 3.8) is 0 Å². The molecule has 1 heterocycles. The second kappa shape index (κ2) is 8.10. The van der Waals surface area contributed by atoms with Gasteiger partial charge in [-0.1, -0.05) is 12.1 Å². The Hall–Kier alpha value is -2.73. The normalized spacial score (nSPS) is 13.3. The van der Waals surface area contributed by atoms with Gasteiger partial charge in [0.2, 0.25) is 6.79 Å². The summed E-state index contributed by atoms with van der Waals surface area (Å²) in [5.74, 6) is 1.37. The Kier molecular flexibility index (Phi) is 5.63. The van der Waals surface area contributed by atoms with Crippen LogP contribution in [0.25, 0.3) is 0 Å². The van der Waals surface area contributed by atoms with E-state index in [1.165, 1.54) is 16.2 Å². The smallest absolute Gasteiger partial charge is 0.279 e. The van der Waals surface area contributed by atoms with Crippen molar-refractivity contribution in [2.24, 2.45) is 0 Å². The molecule has 0 bridgehead atoms. The molecule has 0 aliphatic carbocycles. The number of hydrogen-bond donors (Lipinski definition) is 2. The van der Waals surface area contributed by atoms with Crippen molar-refractivity contribution in [2.45, 2.75) is 13.5 Å². The minimum Gasteiger partial charge on any atom is -0.454 e. The lowest BCUT2D eigenvalue weighted by atomic mass is 10.2. The van der Waals surface area contributed by atoms with E-state index in [2.05, 4.69) is 41.4 Å². The number of carbonyl (C=O) groups excluding carboxylic acids is 1. The number of likely N-dealkylation sites (N-methyl/N-ethyl adjacent to an activating group) is 1. The first-order valence-corrected chi connectivity index (χ1v) is 8.84. The molecule has 0 spiro atoms. The van der Waals surface area contributed by atoms with Gasteiger partial charge in [0, 0.05) is 37.1 Å². The maximum atomic E-state index is 12.4. The highest BCUT2D eigenvalue weighted by molar-refractivity contribution is 5.91. The number of fused-ring (bicyclic) bond motifs is 1. The molecule has 0 saturated carbocycles. The summed E-state index contributed by atoms with van der Waals surface area (Å²) in [7, 11) is 4.05. The summed E-state index contributed by atoms with van der Waals surface area (Å²) in [5, 5.41) is 2.94. The summed E-state index contributed by atoms with van der Waals surface area (Å²) < 4.78 is 10.6. The molecular formula is C20H26N3O3+. The van der Waals surface area contributed by atoms with Crippen LogP contribution in [0.15, 0.2) is 42.5 Å². The number of rotatable bonds is 7. The number of ether oxygens (including phenoxy) is 2. The molecule has 3 rings (SSSR count). The molecule has 1 atom stereocenters. The van der Waals surface area contributed by atoms with Gasteiger partial charge in [0.25, 0.3) is 5.91 Å². The maximum Gasteiger partial charge on any atom is 0.279 e. The standard InChI is InChI=1S/C20H25N3O3/c1-4-23(12-15-5-8-17(9-6-15)22(2)3)13-20(24)21-16-7-10-18-19(11-16)26-14-25-18/h5-11H,4,12-14H2,1-3H3,(H,21,24)/p+1. The van der Waals surface area contributed by atoms with E-state index < -0.39 is 0 Å². The fourth-order valence-electron chi connectivity index (χ4n) is 2.92. The van der Waals surface area contributed by atoms with Crippen molar-refractivity contribution in [3.05, 3.63) is 48.0 Å². The van der Waals surface area contributed by atoms with Crippen LogP contribution in [0, 0.1) is 0 Å². The van der Waals surface area contributed by atoms with Crippen LogP contribution in [0.3, 0.4) is 0 Å². The van der Waals surface area contributed by atoms with Crippen LogP contribution < -0.4 is 24.6 Å². The third kappa shape index (κ3) is 4.46. The first kappa shape index (κ1) is 18.1. The molecule has 6 heteroatoms. The summed E-state index contributed by atoms with van der Waals surface area (Å²) in [5.41, 5.74) is 3.13. The van der Waals surface area contributed by atoms with Gasteiger partial charge in [0.15, 0.2) is 18.0 Å². The average Bonchev–Trinajstić information content (AvgIpc) is 3.09. The predicted molar refractivity (Wildman–Crippen MR) is 102 cm³/mol. The Morgan fingerprint density at radius 3 is 2.54 bits per heavy atom. The van der Waals surface area contributed by atoms with Crippen LogP contribution in [0.4, 0.5) is 11.4 Å². The number of carbonyl (C=O) groups is 1. The van der Waals surface area contributed by atoms with Gasteiger partial charge >= 0.3 is 0 Å². The zero-order valence-corrected chi connectivity index (χ0v) is 15.5. The summed E-state index contributed by atoms with van der Waals surface area (Å²) in [4.78, 5) is 15.7. The molecule has 138 valence electrons. The molecule has 1 amide bonds. The first-order valence-electron chi connectivity index (χ1n) is 8.84. The van der Waals surface area contributed by atoms with E-state index >= 15 is 0 Å². The summed E-state index contributed by atoms with van der Waals surface area (Å²) >= 11 is 0. The monoisotopic (exact) mass is 356 g/mol. The molecule has 1 unspecified atom stereocenters. The van der Waals surface area contributed by atoms with E-state index in [1.807, 2.05) is 26.2 Å². The molecule has 1 aliphatic heterocycles. The van der Waals surface area contributed by atoms with Gasteiger partial charge in [-0.05, 0) is 31.2 Å². The van der Waals surface area contributed by atoms with E-state index in [9.17, 15) is 4.79 Å². The highest BCUT2D eigenvalue weighted by Crippen LogP contribution is 2.34. The zero-order valence-electron chi connectivity index (χ0n) is 15.5. The Labute approximate surface area is 154 Å². The topological polar surface area (TPSA) is 55.2 Å². The van der Waals surface area contributed by atoms with Crippen LogP contribution in [-0.4, -0.2) is 39.9 Å². The van der Waals surface area contributed by atoms with Gasteiger partial charge in [-0.2, -0.15) is 0 Å². The van der Waals surface area contributed by atoms with Crippen molar-refractivity contribution in [2.75, 3.05) is 44.2 Å². The fraction of sp³-hybridized carbons (Fsp3) is 0.350. The molecule has 0 fully saturated rings. The lowest BCUT2D eigenvalue weighted by Crippen LogP contribution is -3.11. The minimum atomic E-state index is -0.00868. The summed E-state index contributed by atoms with van der Waals surface area (Å²) in [6, 6.07) is 13.9. The van der Waals surface area contributed by atoms with E-state index in [0.717, 1.165) is 18.8 Å². The number of anilines is 2. The SMILES string of the molecule is CC[NH+](CC(=O)Nc1ccc2c(c1)OCO2)Cc1ccc(N(C)C)cc1. The van der Waals surface area contributed by atoms with Crippen LogP contribution in [0.2, 0.25) is 0 Å². The molecule has 0 saturated heterocycles. The highest BCUT2D eigenvalue weighted by atomic mass is 16.7. The molecule has 2 aromatic rings. The maximum absolute atomic E-state index is 12.4. The zero-order chi connectivity index (χ0) is 18.5. The first-order chi connectivity index (χ1) is 12.5. The van der Waals surface area contributed by atoms with Crippen LogP contribution >= 0.6 is 0 Å². The lowest BCUT2D eigenvalue weighted by Gasteiger charge is -2.18. The van der Waals surface area contributed by atoms with Crippen molar-refractivity contribution < 1.29 is 19.2 Å². The van der Waals surface area contributed by atoms with Gasteiger partial charge in [-0.25, -0.2) is 0 Å². The second-order valence-corrected chi connectivity index (χ2v) is 6.63. The molecule has 0 radical (unpaired) electrons. The number of nitrogens with zero attached hydrogens (tertiary/aromatic N) is 1. The van der Waals surface area contributed by atoms with Crippen LogP contribution in [0.5, 0.6) is 11.5 Å².